The number of carbonyl (C=O) groups excluding carboxylic acids is 1. The molecule has 33 heavy (non-hydrogen) atoms. The van der Waals surface area contributed by atoms with E-state index in [0.717, 1.165) is 16.8 Å². The molecule has 1 unspecified atom stereocenters. The lowest BCUT2D eigenvalue weighted by molar-refractivity contribution is -0.116. The number of carbonyl (C=O) groups is 1. The van der Waals surface area contributed by atoms with Crippen molar-refractivity contribution in [2.45, 2.75) is 17.9 Å². The molecule has 0 bridgehead atoms. The van der Waals surface area contributed by atoms with Gasteiger partial charge in [0.1, 0.15) is 6.04 Å². The van der Waals surface area contributed by atoms with E-state index in [2.05, 4.69) is 22.8 Å². The van der Waals surface area contributed by atoms with Gasteiger partial charge in [-0.05, 0) is 54.4 Å². The minimum absolute atomic E-state index is 0.201. The maximum absolute atomic E-state index is 12.7. The van der Waals surface area contributed by atoms with E-state index in [1.807, 2.05) is 42.5 Å². The van der Waals surface area contributed by atoms with E-state index < -0.39 is 16.1 Å². The molecule has 3 aromatic rings. The van der Waals surface area contributed by atoms with E-state index in [-0.39, 0.29) is 10.8 Å². The van der Waals surface area contributed by atoms with E-state index >= 15 is 0 Å². The third-order valence-corrected chi connectivity index (χ3v) is 7.41. The van der Waals surface area contributed by atoms with E-state index in [9.17, 15) is 13.2 Å². The molecule has 7 nitrogen and oxygen atoms in total. The molecule has 0 aromatic heterocycles. The largest absolute Gasteiger partial charge is 0.379 e. The van der Waals surface area contributed by atoms with E-state index in [1.54, 1.807) is 19.1 Å². The number of benzene rings is 3. The first-order chi connectivity index (χ1) is 15.9. The Morgan fingerprint density at radius 3 is 2.06 bits per heavy atom. The zero-order valence-electron chi connectivity index (χ0n) is 18.4. The standard InChI is InChI=1S/C25H27N3O4S/c1-19(26-22-9-7-21(8-10-22)20-5-3-2-4-6-20)25(29)27-23-11-13-24(14-12-23)33(30,31)28-15-17-32-18-16-28/h2-14,19,26H,15-18H2,1H3,(H,27,29). The Hall–Kier alpha value is -3.20. The first-order valence-electron chi connectivity index (χ1n) is 10.8. The number of amides is 1. The second-order valence-corrected chi connectivity index (χ2v) is 9.78. The SMILES string of the molecule is CC(Nc1ccc(-c2ccccc2)cc1)C(=O)Nc1ccc(S(=O)(=O)N2CCOCC2)cc1. The summed E-state index contributed by atoms with van der Waals surface area (Å²) in [6, 6.07) is 23.7. The van der Waals surface area contributed by atoms with Gasteiger partial charge in [-0.25, -0.2) is 8.42 Å². The molecule has 172 valence electrons. The lowest BCUT2D eigenvalue weighted by Crippen LogP contribution is -2.40. The van der Waals surface area contributed by atoms with Crippen LogP contribution in [-0.2, 0) is 19.6 Å². The monoisotopic (exact) mass is 465 g/mol. The van der Waals surface area contributed by atoms with Crippen molar-refractivity contribution in [3.8, 4) is 11.1 Å². The van der Waals surface area contributed by atoms with Gasteiger partial charge in [0.25, 0.3) is 0 Å². The minimum Gasteiger partial charge on any atom is -0.379 e. The molecule has 1 atom stereocenters. The van der Waals surface area contributed by atoms with Crippen molar-refractivity contribution in [1.82, 2.24) is 4.31 Å². The van der Waals surface area contributed by atoms with Gasteiger partial charge >= 0.3 is 0 Å². The van der Waals surface area contributed by atoms with E-state index in [0.29, 0.717) is 32.0 Å². The van der Waals surface area contributed by atoms with Gasteiger partial charge < -0.3 is 15.4 Å². The van der Waals surface area contributed by atoms with Gasteiger partial charge in [-0.15, -0.1) is 0 Å². The van der Waals surface area contributed by atoms with Crippen molar-refractivity contribution in [1.29, 1.82) is 0 Å². The summed E-state index contributed by atoms with van der Waals surface area (Å²) in [5.41, 5.74) is 3.61. The van der Waals surface area contributed by atoms with Crippen LogP contribution < -0.4 is 10.6 Å². The van der Waals surface area contributed by atoms with Crippen LogP contribution in [0.15, 0.2) is 83.8 Å². The molecule has 0 saturated carbocycles. The molecule has 1 amide bonds. The minimum atomic E-state index is -3.56. The topological polar surface area (TPSA) is 87.7 Å². The van der Waals surface area contributed by atoms with Crippen LogP contribution >= 0.6 is 0 Å². The zero-order chi connectivity index (χ0) is 23.3. The number of sulfonamides is 1. The molecule has 1 fully saturated rings. The fraction of sp³-hybridized carbons (Fsp3) is 0.240. The Kier molecular flexibility index (Phi) is 7.08. The number of nitrogens with zero attached hydrogens (tertiary/aromatic N) is 1. The average Bonchev–Trinajstić information content (AvgIpc) is 2.86. The Bertz CT molecular complexity index is 1170. The molecule has 4 rings (SSSR count). The van der Waals surface area contributed by atoms with E-state index in [1.165, 1.54) is 16.4 Å². The molecule has 1 aliphatic rings. The summed E-state index contributed by atoms with van der Waals surface area (Å²) < 4.78 is 32.1. The smallest absolute Gasteiger partial charge is 0.246 e. The van der Waals surface area contributed by atoms with Crippen molar-refractivity contribution in [2.75, 3.05) is 36.9 Å². The number of anilines is 2. The number of nitrogens with one attached hydrogen (secondary N) is 2. The maximum Gasteiger partial charge on any atom is 0.246 e. The third kappa shape index (κ3) is 5.60. The molecule has 2 N–H and O–H groups in total. The van der Waals surface area contributed by atoms with Crippen LogP contribution in [-0.4, -0.2) is 51.0 Å². The van der Waals surface area contributed by atoms with Crippen LogP contribution in [0.5, 0.6) is 0 Å². The fourth-order valence-corrected chi connectivity index (χ4v) is 5.01. The highest BCUT2D eigenvalue weighted by Crippen LogP contribution is 2.22. The third-order valence-electron chi connectivity index (χ3n) is 5.50. The molecular formula is C25H27N3O4S. The first-order valence-corrected chi connectivity index (χ1v) is 12.3. The summed E-state index contributed by atoms with van der Waals surface area (Å²) in [5, 5.41) is 6.02. The van der Waals surface area contributed by atoms with Crippen LogP contribution in [0.2, 0.25) is 0 Å². The lowest BCUT2D eigenvalue weighted by Gasteiger charge is -2.26. The van der Waals surface area contributed by atoms with Crippen molar-refractivity contribution >= 4 is 27.3 Å². The molecule has 0 aliphatic carbocycles. The van der Waals surface area contributed by atoms with Gasteiger partial charge in [0.05, 0.1) is 18.1 Å². The van der Waals surface area contributed by atoms with Crippen LogP contribution in [0.25, 0.3) is 11.1 Å². The summed E-state index contributed by atoms with van der Waals surface area (Å²) in [6.07, 6.45) is 0. The molecule has 1 aliphatic heterocycles. The maximum atomic E-state index is 12.7. The summed E-state index contributed by atoms with van der Waals surface area (Å²) in [4.78, 5) is 12.8. The van der Waals surface area contributed by atoms with Gasteiger partial charge in [0.2, 0.25) is 15.9 Å². The molecule has 3 aromatic carbocycles. The highest BCUT2D eigenvalue weighted by molar-refractivity contribution is 7.89. The number of morpholine rings is 1. The molecule has 1 saturated heterocycles. The quantitative estimate of drug-likeness (QED) is 0.554. The second-order valence-electron chi connectivity index (χ2n) is 7.84. The summed E-state index contributed by atoms with van der Waals surface area (Å²) >= 11 is 0. The highest BCUT2D eigenvalue weighted by Gasteiger charge is 2.26. The van der Waals surface area contributed by atoms with Crippen molar-refractivity contribution in [2.24, 2.45) is 0 Å². The molecular weight excluding hydrogens is 438 g/mol. The molecule has 0 radical (unpaired) electrons. The Morgan fingerprint density at radius 1 is 0.848 bits per heavy atom. The Labute approximate surface area is 194 Å². The number of hydrogen-bond donors (Lipinski definition) is 2. The van der Waals surface area contributed by atoms with Gasteiger partial charge in [0.15, 0.2) is 0 Å². The molecule has 0 spiro atoms. The van der Waals surface area contributed by atoms with Crippen LogP contribution in [0, 0.1) is 0 Å². The zero-order valence-corrected chi connectivity index (χ0v) is 19.2. The van der Waals surface area contributed by atoms with Gasteiger partial charge in [-0.1, -0.05) is 42.5 Å². The summed E-state index contributed by atoms with van der Waals surface area (Å²) in [5.74, 6) is -0.217. The number of hydrogen-bond acceptors (Lipinski definition) is 5. The summed E-state index contributed by atoms with van der Waals surface area (Å²) in [6.45, 7) is 3.25. The van der Waals surface area contributed by atoms with Crippen molar-refractivity contribution in [3.63, 3.8) is 0 Å². The number of rotatable bonds is 7. The second kappa shape index (κ2) is 10.2. The van der Waals surface area contributed by atoms with Gasteiger partial charge in [-0.3, -0.25) is 4.79 Å². The number of ether oxygens (including phenoxy) is 1. The Balaban J connectivity index is 1.35. The molecule has 1 heterocycles. The summed E-state index contributed by atoms with van der Waals surface area (Å²) in [7, 11) is -3.56. The van der Waals surface area contributed by atoms with Crippen molar-refractivity contribution < 1.29 is 17.9 Å². The highest BCUT2D eigenvalue weighted by atomic mass is 32.2. The van der Waals surface area contributed by atoms with E-state index in [4.69, 9.17) is 4.74 Å². The Morgan fingerprint density at radius 2 is 1.42 bits per heavy atom. The van der Waals surface area contributed by atoms with Crippen LogP contribution in [0.3, 0.4) is 0 Å². The van der Waals surface area contributed by atoms with Gasteiger partial charge in [-0.2, -0.15) is 4.31 Å². The first kappa shape index (κ1) is 23.0. The van der Waals surface area contributed by atoms with Crippen LogP contribution in [0.1, 0.15) is 6.92 Å². The van der Waals surface area contributed by atoms with Crippen molar-refractivity contribution in [3.05, 3.63) is 78.9 Å². The predicted molar refractivity (Wildman–Crippen MR) is 130 cm³/mol. The fourth-order valence-electron chi connectivity index (χ4n) is 3.60. The average molecular weight is 466 g/mol. The molecule has 8 heteroatoms. The lowest BCUT2D eigenvalue weighted by atomic mass is 10.1. The van der Waals surface area contributed by atoms with Crippen LogP contribution in [0.4, 0.5) is 11.4 Å². The predicted octanol–water partition coefficient (Wildman–Crippen LogP) is 3.81. The normalized spacial score (nSPS) is 15.5. The van der Waals surface area contributed by atoms with Gasteiger partial charge in [0, 0.05) is 24.5 Å².